The average molecular weight is 453 g/mol. The van der Waals surface area contributed by atoms with Crippen LogP contribution in [0, 0.1) is 0 Å². The molecule has 0 bridgehead atoms. The Morgan fingerprint density at radius 1 is 0.636 bits per heavy atom. The Morgan fingerprint density at radius 2 is 1.06 bits per heavy atom. The lowest BCUT2D eigenvalue weighted by Gasteiger charge is -2.24. The van der Waals surface area contributed by atoms with Crippen LogP contribution in [-0.2, 0) is 9.47 Å². The van der Waals surface area contributed by atoms with Crippen LogP contribution < -0.4 is 0 Å². The Bertz CT molecular complexity index is 788. The van der Waals surface area contributed by atoms with Gasteiger partial charge in [0.15, 0.2) is 0 Å². The molecule has 2 aromatic rings. The lowest BCUT2D eigenvalue weighted by atomic mass is 10.0. The molecule has 0 aliphatic carbocycles. The lowest BCUT2D eigenvalue weighted by Crippen LogP contribution is -2.33. The van der Waals surface area contributed by atoms with Crippen LogP contribution in [0.5, 0.6) is 0 Å². The zero-order valence-electron chi connectivity index (χ0n) is 20.3. The van der Waals surface area contributed by atoms with Crippen LogP contribution in [0.25, 0.3) is 0 Å². The molecular formula is C29H40O4. The second kappa shape index (κ2) is 16.1. The Hall–Kier alpha value is -2.62. The van der Waals surface area contributed by atoms with Gasteiger partial charge in [0.05, 0.1) is 11.1 Å². The molecule has 0 spiro atoms. The van der Waals surface area contributed by atoms with Crippen molar-refractivity contribution in [2.45, 2.75) is 96.7 Å². The average Bonchev–Trinajstić information content (AvgIpc) is 2.85. The van der Waals surface area contributed by atoms with E-state index < -0.39 is 18.2 Å². The first-order chi connectivity index (χ1) is 16.1. The first kappa shape index (κ1) is 26.6. The predicted octanol–water partition coefficient (Wildman–Crippen LogP) is 7.77. The third-order valence-corrected chi connectivity index (χ3v) is 5.94. The van der Waals surface area contributed by atoms with Gasteiger partial charge in [-0.1, -0.05) is 101 Å². The van der Waals surface area contributed by atoms with Crippen LogP contribution in [0.4, 0.5) is 0 Å². The summed E-state index contributed by atoms with van der Waals surface area (Å²) in [6.07, 6.45) is 12.1. The standard InChI is InChI=1S/C29H40O4/c1-3-4-5-6-7-8-9-10-11-18-23-27(33-29(31)26-21-16-13-17-22-26)24(2)32-28(30)25-19-14-12-15-20-25/h12-17,19-22,24,27H,3-11,18,23H2,1-2H3. The topological polar surface area (TPSA) is 52.6 Å². The maximum absolute atomic E-state index is 12.6. The van der Waals surface area contributed by atoms with Crippen LogP contribution in [0.15, 0.2) is 60.7 Å². The fraction of sp³-hybridized carbons (Fsp3) is 0.517. The zero-order chi connectivity index (χ0) is 23.7. The van der Waals surface area contributed by atoms with Crippen molar-refractivity contribution >= 4 is 11.9 Å². The Labute approximate surface area is 199 Å². The molecule has 4 nitrogen and oxygen atoms in total. The molecule has 0 aliphatic heterocycles. The molecule has 2 unspecified atom stereocenters. The van der Waals surface area contributed by atoms with E-state index in [2.05, 4.69) is 6.92 Å². The number of unbranched alkanes of at least 4 members (excludes halogenated alkanes) is 9. The Balaban J connectivity index is 1.82. The van der Waals surface area contributed by atoms with E-state index in [1.165, 1.54) is 51.4 Å². The van der Waals surface area contributed by atoms with Crippen LogP contribution in [-0.4, -0.2) is 24.1 Å². The van der Waals surface area contributed by atoms with Crippen molar-refractivity contribution in [3.63, 3.8) is 0 Å². The summed E-state index contributed by atoms with van der Waals surface area (Å²) >= 11 is 0. The molecule has 0 aliphatic rings. The summed E-state index contributed by atoms with van der Waals surface area (Å²) in [5, 5.41) is 0. The number of hydrogen-bond acceptors (Lipinski definition) is 4. The number of carbonyl (C=O) groups is 2. The maximum atomic E-state index is 12.6. The molecule has 2 rings (SSSR count). The van der Waals surface area contributed by atoms with Gasteiger partial charge >= 0.3 is 11.9 Å². The van der Waals surface area contributed by atoms with E-state index in [1.54, 1.807) is 43.3 Å². The first-order valence-corrected chi connectivity index (χ1v) is 12.6. The molecule has 180 valence electrons. The summed E-state index contributed by atoms with van der Waals surface area (Å²) in [5.74, 6) is -0.776. The van der Waals surface area contributed by atoms with Gasteiger partial charge in [0.2, 0.25) is 0 Å². The maximum Gasteiger partial charge on any atom is 0.338 e. The number of rotatable bonds is 16. The monoisotopic (exact) mass is 452 g/mol. The SMILES string of the molecule is CCCCCCCCCCCCC(OC(=O)c1ccccc1)C(C)OC(=O)c1ccccc1. The summed E-state index contributed by atoms with van der Waals surface area (Å²) in [4.78, 5) is 25.1. The van der Waals surface area contributed by atoms with Crippen molar-refractivity contribution in [1.82, 2.24) is 0 Å². The number of hydrogen-bond donors (Lipinski definition) is 0. The third kappa shape index (κ3) is 10.7. The van der Waals surface area contributed by atoms with Gasteiger partial charge in [-0.2, -0.15) is 0 Å². The molecule has 0 heterocycles. The molecule has 2 atom stereocenters. The fourth-order valence-corrected chi connectivity index (χ4v) is 3.89. The number of esters is 2. The smallest absolute Gasteiger partial charge is 0.338 e. The fourth-order valence-electron chi connectivity index (χ4n) is 3.89. The molecule has 0 N–H and O–H groups in total. The molecule has 0 saturated carbocycles. The largest absolute Gasteiger partial charge is 0.455 e. The van der Waals surface area contributed by atoms with Crippen molar-refractivity contribution in [1.29, 1.82) is 0 Å². The molecule has 33 heavy (non-hydrogen) atoms. The van der Waals surface area contributed by atoms with E-state index in [1.807, 2.05) is 24.3 Å². The summed E-state index contributed by atoms with van der Waals surface area (Å²) < 4.78 is 11.5. The van der Waals surface area contributed by atoms with Crippen LogP contribution in [0.1, 0.15) is 105 Å². The van der Waals surface area contributed by atoms with Crippen molar-refractivity contribution in [3.8, 4) is 0 Å². The highest BCUT2D eigenvalue weighted by Crippen LogP contribution is 2.18. The van der Waals surface area contributed by atoms with Gasteiger partial charge in [0.1, 0.15) is 12.2 Å². The van der Waals surface area contributed by atoms with E-state index in [4.69, 9.17) is 9.47 Å². The van der Waals surface area contributed by atoms with Gasteiger partial charge in [0, 0.05) is 0 Å². The summed E-state index contributed by atoms with van der Waals surface area (Å²) in [7, 11) is 0. The summed E-state index contributed by atoms with van der Waals surface area (Å²) in [6.45, 7) is 4.05. The first-order valence-electron chi connectivity index (χ1n) is 12.6. The molecule has 0 aromatic heterocycles. The highest BCUT2D eigenvalue weighted by atomic mass is 16.6. The van der Waals surface area contributed by atoms with E-state index >= 15 is 0 Å². The second-order valence-corrected chi connectivity index (χ2v) is 8.76. The lowest BCUT2D eigenvalue weighted by molar-refractivity contribution is -0.0331. The van der Waals surface area contributed by atoms with Gasteiger partial charge in [-0.05, 0) is 44.0 Å². The van der Waals surface area contributed by atoms with Gasteiger partial charge in [-0.3, -0.25) is 0 Å². The van der Waals surface area contributed by atoms with Crippen molar-refractivity contribution in [2.24, 2.45) is 0 Å². The van der Waals surface area contributed by atoms with Crippen molar-refractivity contribution in [2.75, 3.05) is 0 Å². The molecule has 0 saturated heterocycles. The highest BCUT2D eigenvalue weighted by Gasteiger charge is 2.25. The molecule has 4 heteroatoms. The van der Waals surface area contributed by atoms with Gasteiger partial charge in [-0.25, -0.2) is 9.59 Å². The quantitative estimate of drug-likeness (QED) is 0.193. The highest BCUT2D eigenvalue weighted by molar-refractivity contribution is 5.90. The minimum absolute atomic E-state index is 0.379. The number of ether oxygens (including phenoxy) is 2. The van der Waals surface area contributed by atoms with E-state index in [-0.39, 0.29) is 5.97 Å². The number of benzene rings is 2. The van der Waals surface area contributed by atoms with Crippen LogP contribution in [0.2, 0.25) is 0 Å². The van der Waals surface area contributed by atoms with Gasteiger partial charge in [-0.15, -0.1) is 0 Å². The predicted molar refractivity (Wildman–Crippen MR) is 133 cm³/mol. The van der Waals surface area contributed by atoms with Gasteiger partial charge in [0.25, 0.3) is 0 Å². The second-order valence-electron chi connectivity index (χ2n) is 8.76. The molecular weight excluding hydrogens is 412 g/mol. The summed E-state index contributed by atoms with van der Waals surface area (Å²) in [5.41, 5.74) is 1.00. The van der Waals surface area contributed by atoms with E-state index in [9.17, 15) is 9.59 Å². The normalized spacial score (nSPS) is 12.7. The number of carbonyl (C=O) groups excluding carboxylic acids is 2. The minimum Gasteiger partial charge on any atom is -0.455 e. The molecule has 2 aromatic carbocycles. The summed E-state index contributed by atoms with van der Waals surface area (Å²) in [6, 6.07) is 17.9. The van der Waals surface area contributed by atoms with Gasteiger partial charge < -0.3 is 9.47 Å². The van der Waals surface area contributed by atoms with E-state index in [0.29, 0.717) is 17.5 Å². The van der Waals surface area contributed by atoms with Crippen LogP contribution >= 0.6 is 0 Å². The van der Waals surface area contributed by atoms with Crippen LogP contribution in [0.3, 0.4) is 0 Å². The molecule has 0 fully saturated rings. The van der Waals surface area contributed by atoms with Crippen molar-refractivity contribution < 1.29 is 19.1 Å². The Morgan fingerprint density at radius 3 is 1.55 bits per heavy atom. The minimum atomic E-state index is -0.524. The van der Waals surface area contributed by atoms with Crippen molar-refractivity contribution in [3.05, 3.63) is 71.8 Å². The molecule has 0 amide bonds. The molecule has 0 radical (unpaired) electrons. The third-order valence-electron chi connectivity index (χ3n) is 5.94. The van der Waals surface area contributed by atoms with E-state index in [0.717, 1.165) is 12.8 Å². The zero-order valence-corrected chi connectivity index (χ0v) is 20.3. The Kier molecular flexibility index (Phi) is 13.0.